The molecule has 0 bridgehead atoms. The van der Waals surface area contributed by atoms with Crippen molar-refractivity contribution in [3.05, 3.63) is 53.3 Å². The number of rotatable bonds is 5. The van der Waals surface area contributed by atoms with Crippen molar-refractivity contribution in [3.63, 3.8) is 0 Å². The van der Waals surface area contributed by atoms with Crippen molar-refractivity contribution in [2.75, 3.05) is 14.2 Å². The average molecular weight is 335 g/mol. The van der Waals surface area contributed by atoms with Crippen LogP contribution in [0.3, 0.4) is 0 Å². The topological polar surface area (TPSA) is 60.1 Å². The van der Waals surface area contributed by atoms with Gasteiger partial charge in [-0.3, -0.25) is 0 Å². The Balaban J connectivity index is 2.17. The van der Waals surface area contributed by atoms with Gasteiger partial charge in [0.1, 0.15) is 5.82 Å². The van der Waals surface area contributed by atoms with Crippen LogP contribution in [0, 0.1) is 11.3 Å². The molecule has 5 heteroatoms. The first-order chi connectivity index (χ1) is 12.1. The predicted molar refractivity (Wildman–Crippen MR) is 97.2 cm³/mol. The van der Waals surface area contributed by atoms with Crippen molar-refractivity contribution in [2.24, 2.45) is 0 Å². The Morgan fingerprint density at radius 3 is 2.48 bits per heavy atom. The van der Waals surface area contributed by atoms with Crippen LogP contribution in [0.25, 0.3) is 11.0 Å². The maximum atomic E-state index is 9.13. The van der Waals surface area contributed by atoms with Crippen LogP contribution in [-0.2, 0) is 6.54 Å². The summed E-state index contributed by atoms with van der Waals surface area (Å²) in [7, 11) is 3.25. The molecule has 1 heterocycles. The highest BCUT2D eigenvalue weighted by Crippen LogP contribution is 2.34. The molecular formula is C20H21N3O2. The molecule has 0 spiro atoms. The van der Waals surface area contributed by atoms with Crippen molar-refractivity contribution in [1.82, 2.24) is 9.55 Å². The average Bonchev–Trinajstić information content (AvgIpc) is 2.98. The molecule has 25 heavy (non-hydrogen) atoms. The molecule has 0 aliphatic rings. The summed E-state index contributed by atoms with van der Waals surface area (Å²) >= 11 is 0. The number of fused-ring (bicyclic) bond motifs is 1. The van der Waals surface area contributed by atoms with Crippen LogP contribution < -0.4 is 9.47 Å². The number of benzene rings is 2. The molecule has 5 nitrogen and oxygen atoms in total. The minimum absolute atomic E-state index is 0.267. The van der Waals surface area contributed by atoms with Crippen LogP contribution in [0.2, 0.25) is 0 Å². The molecule has 0 saturated heterocycles. The molecule has 2 aromatic carbocycles. The number of aromatic nitrogens is 2. The molecule has 0 N–H and O–H groups in total. The summed E-state index contributed by atoms with van der Waals surface area (Å²) < 4.78 is 13.0. The number of nitrogens with zero attached hydrogens (tertiary/aromatic N) is 3. The van der Waals surface area contributed by atoms with E-state index in [4.69, 9.17) is 19.7 Å². The lowest BCUT2D eigenvalue weighted by Crippen LogP contribution is -2.07. The first-order valence-electron chi connectivity index (χ1n) is 8.18. The number of ether oxygens (including phenoxy) is 2. The van der Waals surface area contributed by atoms with E-state index in [1.54, 1.807) is 14.2 Å². The maximum absolute atomic E-state index is 9.13. The lowest BCUT2D eigenvalue weighted by atomic mass is 10.1. The van der Waals surface area contributed by atoms with Crippen LogP contribution in [0.1, 0.15) is 36.7 Å². The summed E-state index contributed by atoms with van der Waals surface area (Å²) in [5, 5.41) is 9.13. The highest BCUT2D eigenvalue weighted by molar-refractivity contribution is 5.81. The normalized spacial score (nSPS) is 10.9. The summed E-state index contributed by atoms with van der Waals surface area (Å²) in [6.07, 6.45) is 0. The summed E-state index contributed by atoms with van der Waals surface area (Å²) in [6, 6.07) is 13.7. The fourth-order valence-electron chi connectivity index (χ4n) is 3.00. The highest BCUT2D eigenvalue weighted by atomic mass is 16.5. The molecule has 0 fully saturated rings. The van der Waals surface area contributed by atoms with Gasteiger partial charge in [0.25, 0.3) is 0 Å². The van der Waals surface area contributed by atoms with E-state index in [0.717, 1.165) is 22.4 Å². The predicted octanol–water partition coefficient (Wildman–Crippen LogP) is 4.10. The Morgan fingerprint density at radius 1 is 1.12 bits per heavy atom. The lowest BCUT2D eigenvalue weighted by Gasteiger charge is -2.13. The summed E-state index contributed by atoms with van der Waals surface area (Å²) in [5.41, 5.74) is 3.59. The molecule has 128 valence electrons. The van der Waals surface area contributed by atoms with E-state index < -0.39 is 0 Å². The number of hydrogen-bond acceptors (Lipinski definition) is 4. The first-order valence-corrected chi connectivity index (χ1v) is 8.18. The molecule has 0 unspecified atom stereocenters. The third-order valence-corrected chi connectivity index (χ3v) is 4.20. The van der Waals surface area contributed by atoms with Crippen LogP contribution in [0.5, 0.6) is 11.5 Å². The minimum Gasteiger partial charge on any atom is -0.493 e. The monoisotopic (exact) mass is 335 g/mol. The van der Waals surface area contributed by atoms with Gasteiger partial charge in [-0.25, -0.2) is 4.98 Å². The van der Waals surface area contributed by atoms with E-state index in [-0.39, 0.29) is 5.92 Å². The zero-order valence-corrected chi connectivity index (χ0v) is 14.9. The molecular weight excluding hydrogens is 314 g/mol. The Labute approximate surface area is 147 Å². The van der Waals surface area contributed by atoms with Gasteiger partial charge in [0.2, 0.25) is 0 Å². The number of imidazole rings is 1. The van der Waals surface area contributed by atoms with Gasteiger partial charge in [0.05, 0.1) is 36.9 Å². The van der Waals surface area contributed by atoms with Crippen LogP contribution >= 0.6 is 0 Å². The zero-order valence-electron chi connectivity index (χ0n) is 14.9. The SMILES string of the molecule is COc1cc2nc(C(C)C)n(Cc3cccc(C#N)c3)c2cc1OC. The quantitative estimate of drug-likeness (QED) is 0.704. The first kappa shape index (κ1) is 16.8. The van der Waals surface area contributed by atoms with E-state index in [2.05, 4.69) is 24.5 Å². The van der Waals surface area contributed by atoms with E-state index in [0.29, 0.717) is 23.6 Å². The van der Waals surface area contributed by atoms with Crippen molar-refractivity contribution in [1.29, 1.82) is 5.26 Å². The molecule has 0 aliphatic heterocycles. The Kier molecular flexibility index (Phi) is 4.62. The Hall–Kier alpha value is -3.00. The molecule has 0 amide bonds. The molecule has 0 radical (unpaired) electrons. The Morgan fingerprint density at radius 2 is 1.84 bits per heavy atom. The third-order valence-electron chi connectivity index (χ3n) is 4.20. The highest BCUT2D eigenvalue weighted by Gasteiger charge is 2.17. The number of hydrogen-bond donors (Lipinski definition) is 0. The molecule has 1 aromatic heterocycles. The molecule has 3 rings (SSSR count). The molecule has 0 saturated carbocycles. The van der Waals surface area contributed by atoms with Crippen LogP contribution in [0.15, 0.2) is 36.4 Å². The number of methoxy groups -OCH3 is 2. The second-order valence-corrected chi connectivity index (χ2v) is 6.22. The van der Waals surface area contributed by atoms with Gasteiger partial charge in [-0.05, 0) is 17.7 Å². The van der Waals surface area contributed by atoms with Crippen molar-refractivity contribution in [2.45, 2.75) is 26.3 Å². The largest absolute Gasteiger partial charge is 0.493 e. The smallest absolute Gasteiger partial charge is 0.163 e. The van der Waals surface area contributed by atoms with E-state index >= 15 is 0 Å². The third kappa shape index (κ3) is 3.16. The minimum atomic E-state index is 0.267. The van der Waals surface area contributed by atoms with Crippen LogP contribution in [0.4, 0.5) is 0 Å². The number of nitriles is 1. The molecule has 0 aliphatic carbocycles. The van der Waals surface area contributed by atoms with Gasteiger partial charge in [-0.1, -0.05) is 26.0 Å². The van der Waals surface area contributed by atoms with Gasteiger partial charge < -0.3 is 14.0 Å². The molecule has 0 atom stereocenters. The van der Waals surface area contributed by atoms with Gasteiger partial charge in [0.15, 0.2) is 11.5 Å². The fraction of sp³-hybridized carbons (Fsp3) is 0.300. The van der Waals surface area contributed by atoms with Crippen LogP contribution in [-0.4, -0.2) is 23.8 Å². The van der Waals surface area contributed by atoms with Gasteiger partial charge >= 0.3 is 0 Å². The van der Waals surface area contributed by atoms with Crippen molar-refractivity contribution < 1.29 is 9.47 Å². The summed E-state index contributed by atoms with van der Waals surface area (Å²) in [4.78, 5) is 4.80. The van der Waals surface area contributed by atoms with E-state index in [1.165, 1.54) is 0 Å². The summed E-state index contributed by atoms with van der Waals surface area (Å²) in [6.45, 7) is 4.89. The van der Waals surface area contributed by atoms with E-state index in [1.807, 2.05) is 36.4 Å². The second-order valence-electron chi connectivity index (χ2n) is 6.22. The van der Waals surface area contributed by atoms with Crippen molar-refractivity contribution in [3.8, 4) is 17.6 Å². The lowest BCUT2D eigenvalue weighted by molar-refractivity contribution is 0.355. The maximum Gasteiger partial charge on any atom is 0.163 e. The fourth-order valence-corrected chi connectivity index (χ4v) is 3.00. The summed E-state index contributed by atoms with van der Waals surface area (Å²) in [5.74, 6) is 2.61. The zero-order chi connectivity index (χ0) is 18.0. The van der Waals surface area contributed by atoms with Gasteiger partial charge in [-0.2, -0.15) is 5.26 Å². The van der Waals surface area contributed by atoms with Crippen molar-refractivity contribution >= 4 is 11.0 Å². The van der Waals surface area contributed by atoms with Gasteiger partial charge in [0, 0.05) is 24.6 Å². The van der Waals surface area contributed by atoms with Gasteiger partial charge in [-0.15, -0.1) is 0 Å². The Bertz CT molecular complexity index is 951. The second kappa shape index (κ2) is 6.86. The molecule has 3 aromatic rings. The standard InChI is InChI=1S/C20H21N3O2/c1-13(2)20-22-16-9-18(24-3)19(25-4)10-17(16)23(20)12-15-7-5-6-14(8-15)11-21/h5-10,13H,12H2,1-4H3. The van der Waals surface area contributed by atoms with E-state index in [9.17, 15) is 0 Å².